The molecule has 0 saturated carbocycles. The van der Waals surface area contributed by atoms with Gasteiger partial charge in [0, 0.05) is 30.8 Å². The van der Waals surface area contributed by atoms with Crippen LogP contribution in [0, 0.1) is 0 Å². The van der Waals surface area contributed by atoms with Gasteiger partial charge in [0.15, 0.2) is 0 Å². The first kappa shape index (κ1) is 15.0. The van der Waals surface area contributed by atoms with E-state index in [1.54, 1.807) is 34.4 Å². The number of nitrogens with zero attached hydrogens (tertiary/aromatic N) is 4. The summed E-state index contributed by atoms with van der Waals surface area (Å²) in [7, 11) is 0. The molecule has 0 aliphatic carbocycles. The normalized spacial score (nSPS) is 10.5. The summed E-state index contributed by atoms with van der Waals surface area (Å²) in [5.74, 6) is -0.0697. The van der Waals surface area contributed by atoms with Crippen LogP contribution in [0.4, 0.5) is 5.69 Å². The van der Waals surface area contributed by atoms with Gasteiger partial charge in [-0.3, -0.25) is 14.5 Å². The zero-order chi connectivity index (χ0) is 16.1. The van der Waals surface area contributed by atoms with Crippen LogP contribution >= 0.6 is 0 Å². The second kappa shape index (κ2) is 6.87. The van der Waals surface area contributed by atoms with Gasteiger partial charge < -0.3 is 4.90 Å². The molecule has 1 aromatic carbocycles. The standard InChI is InChI=1S/C18H18N4O/c1-2-21-14-16(12-20-21)18(23)22(17-8-10-19-11-9-17)13-15-6-4-3-5-7-15/h3-12,14H,2,13H2,1H3. The molecule has 5 heteroatoms. The van der Waals surface area contributed by atoms with E-state index >= 15 is 0 Å². The van der Waals surface area contributed by atoms with Crippen molar-refractivity contribution in [3.63, 3.8) is 0 Å². The van der Waals surface area contributed by atoms with Crippen molar-refractivity contribution < 1.29 is 4.79 Å². The van der Waals surface area contributed by atoms with E-state index in [2.05, 4.69) is 10.1 Å². The van der Waals surface area contributed by atoms with Gasteiger partial charge in [-0.15, -0.1) is 0 Å². The van der Waals surface area contributed by atoms with E-state index in [0.717, 1.165) is 17.8 Å². The molecule has 3 aromatic rings. The van der Waals surface area contributed by atoms with Crippen molar-refractivity contribution in [2.45, 2.75) is 20.0 Å². The van der Waals surface area contributed by atoms with Gasteiger partial charge in [0.05, 0.1) is 18.3 Å². The number of benzene rings is 1. The number of aryl methyl sites for hydroxylation is 1. The van der Waals surface area contributed by atoms with Crippen LogP contribution in [0.15, 0.2) is 67.3 Å². The van der Waals surface area contributed by atoms with Crippen molar-refractivity contribution in [3.8, 4) is 0 Å². The van der Waals surface area contributed by atoms with Crippen molar-refractivity contribution >= 4 is 11.6 Å². The Morgan fingerprint density at radius 3 is 2.52 bits per heavy atom. The second-order valence-electron chi connectivity index (χ2n) is 5.17. The van der Waals surface area contributed by atoms with Crippen LogP contribution in [0.25, 0.3) is 0 Å². The molecule has 2 aromatic heterocycles. The van der Waals surface area contributed by atoms with Crippen LogP contribution in [0.2, 0.25) is 0 Å². The molecule has 116 valence electrons. The summed E-state index contributed by atoms with van der Waals surface area (Å²) in [6.07, 6.45) is 6.78. The number of carbonyl (C=O) groups is 1. The molecule has 0 radical (unpaired) electrons. The van der Waals surface area contributed by atoms with Crippen LogP contribution in [0.5, 0.6) is 0 Å². The highest BCUT2D eigenvalue weighted by Crippen LogP contribution is 2.19. The average molecular weight is 306 g/mol. The van der Waals surface area contributed by atoms with Crippen LogP contribution in [0.3, 0.4) is 0 Å². The summed E-state index contributed by atoms with van der Waals surface area (Å²) in [4.78, 5) is 18.7. The van der Waals surface area contributed by atoms with E-state index in [-0.39, 0.29) is 5.91 Å². The van der Waals surface area contributed by atoms with E-state index in [4.69, 9.17) is 0 Å². The van der Waals surface area contributed by atoms with Crippen molar-refractivity contribution in [3.05, 3.63) is 78.4 Å². The molecule has 5 nitrogen and oxygen atoms in total. The third kappa shape index (κ3) is 3.45. The first-order valence-electron chi connectivity index (χ1n) is 7.56. The van der Waals surface area contributed by atoms with E-state index in [1.165, 1.54) is 0 Å². The Labute approximate surface area is 135 Å². The summed E-state index contributed by atoms with van der Waals surface area (Å²) >= 11 is 0. The van der Waals surface area contributed by atoms with Gasteiger partial charge in [0.25, 0.3) is 5.91 Å². The zero-order valence-corrected chi connectivity index (χ0v) is 13.0. The maximum absolute atomic E-state index is 12.9. The Hall–Kier alpha value is -2.95. The Morgan fingerprint density at radius 2 is 1.87 bits per heavy atom. The maximum Gasteiger partial charge on any atom is 0.261 e. The first-order chi connectivity index (χ1) is 11.3. The SMILES string of the molecule is CCn1cc(C(=O)N(Cc2ccccc2)c2ccncc2)cn1. The molecule has 2 heterocycles. The molecule has 1 amide bonds. The highest BCUT2D eigenvalue weighted by Gasteiger charge is 2.19. The Bertz CT molecular complexity index is 768. The van der Waals surface area contributed by atoms with Gasteiger partial charge >= 0.3 is 0 Å². The van der Waals surface area contributed by atoms with Gasteiger partial charge in [-0.2, -0.15) is 5.10 Å². The maximum atomic E-state index is 12.9. The van der Waals surface area contributed by atoms with Gasteiger partial charge in [0.2, 0.25) is 0 Å². The number of hydrogen-bond donors (Lipinski definition) is 0. The molecule has 0 spiro atoms. The highest BCUT2D eigenvalue weighted by atomic mass is 16.2. The minimum absolute atomic E-state index is 0.0697. The van der Waals surface area contributed by atoms with Gasteiger partial charge in [-0.05, 0) is 24.6 Å². The average Bonchev–Trinajstić information content (AvgIpc) is 3.10. The molecule has 0 saturated heterocycles. The summed E-state index contributed by atoms with van der Waals surface area (Å²) in [5.41, 5.74) is 2.47. The predicted octanol–water partition coefficient (Wildman–Crippen LogP) is 3.15. The molecule has 23 heavy (non-hydrogen) atoms. The number of pyridine rings is 1. The zero-order valence-electron chi connectivity index (χ0n) is 13.0. The molecule has 0 bridgehead atoms. The number of aromatic nitrogens is 3. The third-order valence-corrected chi connectivity index (χ3v) is 3.61. The molecular formula is C18H18N4O. The van der Waals surface area contributed by atoms with Crippen molar-refractivity contribution in [1.29, 1.82) is 0 Å². The monoisotopic (exact) mass is 306 g/mol. The van der Waals surface area contributed by atoms with Crippen LogP contribution < -0.4 is 4.90 Å². The van der Waals surface area contributed by atoms with Gasteiger partial charge in [-0.1, -0.05) is 30.3 Å². The minimum atomic E-state index is -0.0697. The summed E-state index contributed by atoms with van der Waals surface area (Å²) in [5, 5.41) is 4.20. The summed E-state index contributed by atoms with van der Waals surface area (Å²) in [6, 6.07) is 13.6. The summed E-state index contributed by atoms with van der Waals surface area (Å²) in [6.45, 7) is 3.23. The fourth-order valence-corrected chi connectivity index (χ4v) is 2.37. The van der Waals surface area contributed by atoms with E-state index in [9.17, 15) is 4.79 Å². The molecule has 0 N–H and O–H groups in total. The molecule has 0 aliphatic rings. The largest absolute Gasteiger partial charge is 0.304 e. The van der Waals surface area contributed by atoms with Crippen LogP contribution in [0.1, 0.15) is 22.8 Å². The van der Waals surface area contributed by atoms with E-state index in [1.807, 2.05) is 49.4 Å². The molecule has 3 rings (SSSR count). The smallest absolute Gasteiger partial charge is 0.261 e. The predicted molar refractivity (Wildman–Crippen MR) is 89.1 cm³/mol. The summed E-state index contributed by atoms with van der Waals surface area (Å²) < 4.78 is 1.75. The molecule has 0 aliphatic heterocycles. The van der Waals surface area contributed by atoms with Crippen molar-refractivity contribution in [1.82, 2.24) is 14.8 Å². The molecule has 0 unspecified atom stereocenters. The van der Waals surface area contributed by atoms with Crippen LogP contribution in [-0.2, 0) is 13.1 Å². The lowest BCUT2D eigenvalue weighted by Gasteiger charge is -2.22. The molecule has 0 atom stereocenters. The number of rotatable bonds is 5. The topological polar surface area (TPSA) is 51.0 Å². The Morgan fingerprint density at radius 1 is 1.13 bits per heavy atom. The van der Waals surface area contributed by atoms with Gasteiger partial charge in [0.1, 0.15) is 0 Å². The third-order valence-electron chi connectivity index (χ3n) is 3.61. The number of amides is 1. The van der Waals surface area contributed by atoms with E-state index in [0.29, 0.717) is 12.1 Å². The lowest BCUT2D eigenvalue weighted by atomic mass is 10.2. The minimum Gasteiger partial charge on any atom is -0.304 e. The quantitative estimate of drug-likeness (QED) is 0.727. The molecule has 0 fully saturated rings. The van der Waals surface area contributed by atoms with Crippen molar-refractivity contribution in [2.24, 2.45) is 0 Å². The second-order valence-corrected chi connectivity index (χ2v) is 5.17. The Kier molecular flexibility index (Phi) is 4.47. The van der Waals surface area contributed by atoms with Gasteiger partial charge in [-0.25, -0.2) is 0 Å². The number of anilines is 1. The fraction of sp³-hybridized carbons (Fsp3) is 0.167. The van der Waals surface area contributed by atoms with E-state index < -0.39 is 0 Å². The first-order valence-corrected chi connectivity index (χ1v) is 7.56. The highest BCUT2D eigenvalue weighted by molar-refractivity contribution is 6.05. The fourth-order valence-electron chi connectivity index (χ4n) is 2.37. The lowest BCUT2D eigenvalue weighted by Crippen LogP contribution is -2.30. The lowest BCUT2D eigenvalue weighted by molar-refractivity contribution is 0.0985. The number of hydrogen-bond acceptors (Lipinski definition) is 3. The van der Waals surface area contributed by atoms with Crippen LogP contribution in [-0.4, -0.2) is 20.7 Å². The van der Waals surface area contributed by atoms with Crippen molar-refractivity contribution in [2.75, 3.05) is 4.90 Å². The molecular weight excluding hydrogens is 288 g/mol. The number of carbonyl (C=O) groups excluding carboxylic acids is 1. The Balaban J connectivity index is 1.93.